The van der Waals surface area contributed by atoms with E-state index in [2.05, 4.69) is 31.1 Å². The van der Waals surface area contributed by atoms with Gasteiger partial charge in [0.1, 0.15) is 11.6 Å². The Kier molecular flexibility index (Phi) is 8.66. The molecule has 0 spiro atoms. The number of aryl methyl sites for hydroxylation is 1. The van der Waals surface area contributed by atoms with Crippen molar-refractivity contribution in [1.82, 2.24) is 10.3 Å². The summed E-state index contributed by atoms with van der Waals surface area (Å²) in [6, 6.07) is 14.7. The summed E-state index contributed by atoms with van der Waals surface area (Å²) < 4.78 is 5.77. The van der Waals surface area contributed by atoms with Gasteiger partial charge in [0, 0.05) is 23.5 Å². The number of pyridine rings is 1. The molecule has 0 saturated carbocycles. The van der Waals surface area contributed by atoms with Gasteiger partial charge in [-0.3, -0.25) is 10.3 Å². The lowest BCUT2D eigenvalue weighted by Gasteiger charge is -2.14. The number of nitrogens with zero attached hydrogens (tertiary/aromatic N) is 2. The number of hydrogen-bond donors (Lipinski definition) is 4. The predicted octanol–water partition coefficient (Wildman–Crippen LogP) is 5.83. The van der Waals surface area contributed by atoms with Crippen LogP contribution in [0.3, 0.4) is 0 Å². The molecule has 34 heavy (non-hydrogen) atoms. The van der Waals surface area contributed by atoms with E-state index in [0.29, 0.717) is 47.5 Å². The third kappa shape index (κ3) is 7.69. The topological polar surface area (TPSA) is 109 Å². The van der Waals surface area contributed by atoms with E-state index in [-0.39, 0.29) is 6.03 Å². The highest BCUT2D eigenvalue weighted by molar-refractivity contribution is 6.31. The van der Waals surface area contributed by atoms with E-state index in [1.807, 2.05) is 31.2 Å². The average molecular weight is 479 g/mol. The van der Waals surface area contributed by atoms with Crippen molar-refractivity contribution >= 4 is 46.5 Å². The molecule has 0 atom stereocenters. The normalized spacial score (nSPS) is 10.0. The second kappa shape index (κ2) is 12.1. The summed E-state index contributed by atoms with van der Waals surface area (Å²) in [4.78, 5) is 31.6. The van der Waals surface area contributed by atoms with E-state index in [0.717, 1.165) is 11.3 Å². The Morgan fingerprint density at radius 3 is 2.65 bits per heavy atom. The summed E-state index contributed by atoms with van der Waals surface area (Å²) in [5, 5.41) is 11.2. The molecule has 4 N–H and O–H groups in total. The highest BCUT2D eigenvalue weighted by Gasteiger charge is 2.10. The van der Waals surface area contributed by atoms with E-state index >= 15 is 0 Å². The van der Waals surface area contributed by atoms with Crippen LogP contribution in [0.5, 0.6) is 5.75 Å². The number of anilines is 3. The lowest BCUT2D eigenvalue weighted by molar-refractivity contribution is 0.250. The summed E-state index contributed by atoms with van der Waals surface area (Å²) in [6.07, 6.45) is 1.92. The molecule has 1 heterocycles. The SMILES string of the molecule is [C-]#[N+]c1ccc(NC(=O)Nc2cc(Cl)ccc2OCCCNC(=O)Nc2cccc(C)c2)nc1. The molecule has 4 amide bonds. The van der Waals surface area contributed by atoms with Crippen molar-refractivity contribution in [3.63, 3.8) is 0 Å². The number of amides is 4. The van der Waals surface area contributed by atoms with Crippen LogP contribution in [0.25, 0.3) is 4.85 Å². The Bertz CT molecular complexity index is 1190. The van der Waals surface area contributed by atoms with Gasteiger partial charge in [-0.2, -0.15) is 0 Å². The van der Waals surface area contributed by atoms with Crippen molar-refractivity contribution in [2.24, 2.45) is 0 Å². The van der Waals surface area contributed by atoms with Gasteiger partial charge in [0.2, 0.25) is 5.69 Å². The van der Waals surface area contributed by atoms with Gasteiger partial charge in [0.05, 0.1) is 18.9 Å². The van der Waals surface area contributed by atoms with Crippen molar-refractivity contribution in [2.45, 2.75) is 13.3 Å². The van der Waals surface area contributed by atoms with E-state index in [9.17, 15) is 9.59 Å². The fourth-order valence-electron chi connectivity index (χ4n) is 2.88. The summed E-state index contributed by atoms with van der Waals surface area (Å²) in [7, 11) is 0. The zero-order chi connectivity index (χ0) is 24.3. The minimum Gasteiger partial charge on any atom is -0.491 e. The highest BCUT2D eigenvalue weighted by atomic mass is 35.5. The minimum absolute atomic E-state index is 0.296. The number of aromatic nitrogens is 1. The van der Waals surface area contributed by atoms with Crippen LogP contribution >= 0.6 is 11.6 Å². The van der Waals surface area contributed by atoms with Crippen LogP contribution < -0.4 is 26.0 Å². The number of benzene rings is 2. The van der Waals surface area contributed by atoms with Gasteiger partial charge in [-0.25, -0.2) is 14.4 Å². The molecule has 10 heteroatoms. The Hall–Kier alpha value is -4.29. The number of carbonyl (C=O) groups is 2. The largest absolute Gasteiger partial charge is 0.491 e. The molecule has 1 aromatic heterocycles. The van der Waals surface area contributed by atoms with Crippen LogP contribution in [0.4, 0.5) is 32.5 Å². The maximum absolute atomic E-state index is 12.3. The standard InChI is InChI=1S/C24H23ClN6O3/c1-16-5-3-6-18(13-16)29-23(32)27-11-4-12-34-21-9-7-17(25)14-20(21)30-24(33)31-22-10-8-19(26-2)15-28-22/h3,5-10,13-15H,4,11-12H2,1H3,(H2,27,29,32)(H2,28,30,31,33). The molecule has 0 aliphatic carbocycles. The number of nitrogens with one attached hydrogen (secondary N) is 4. The number of halogens is 1. The van der Waals surface area contributed by atoms with Gasteiger partial charge in [-0.15, -0.1) is 0 Å². The Morgan fingerprint density at radius 1 is 1.06 bits per heavy atom. The molecule has 2 aromatic carbocycles. The highest BCUT2D eigenvalue weighted by Crippen LogP contribution is 2.28. The first-order chi connectivity index (χ1) is 16.4. The molecule has 3 rings (SSSR count). The van der Waals surface area contributed by atoms with Gasteiger partial charge in [-0.05, 0) is 55.3 Å². The number of urea groups is 2. The van der Waals surface area contributed by atoms with Gasteiger partial charge in [0.15, 0.2) is 0 Å². The lowest BCUT2D eigenvalue weighted by atomic mass is 10.2. The van der Waals surface area contributed by atoms with E-state index < -0.39 is 6.03 Å². The zero-order valence-corrected chi connectivity index (χ0v) is 19.1. The second-order valence-electron chi connectivity index (χ2n) is 7.19. The summed E-state index contributed by atoms with van der Waals surface area (Å²) >= 11 is 6.07. The molecule has 0 radical (unpaired) electrons. The van der Waals surface area contributed by atoms with Gasteiger partial charge < -0.3 is 20.7 Å². The first-order valence-corrected chi connectivity index (χ1v) is 10.8. The van der Waals surface area contributed by atoms with Crippen LogP contribution in [0.2, 0.25) is 5.02 Å². The maximum Gasteiger partial charge on any atom is 0.324 e. The first kappa shape index (κ1) is 24.4. The van der Waals surface area contributed by atoms with Gasteiger partial charge >= 0.3 is 12.1 Å². The third-order valence-corrected chi connectivity index (χ3v) is 4.68. The fourth-order valence-corrected chi connectivity index (χ4v) is 3.05. The monoisotopic (exact) mass is 478 g/mol. The molecular formula is C24H23ClN6O3. The van der Waals surface area contributed by atoms with Crippen LogP contribution in [-0.4, -0.2) is 30.2 Å². The molecule has 3 aromatic rings. The fraction of sp³-hybridized carbons (Fsp3) is 0.167. The minimum atomic E-state index is -0.537. The van der Waals surface area contributed by atoms with Gasteiger partial charge in [-0.1, -0.05) is 29.8 Å². The van der Waals surface area contributed by atoms with E-state index in [1.165, 1.54) is 12.3 Å². The summed E-state index contributed by atoms with van der Waals surface area (Å²) in [5.41, 5.74) is 2.54. The van der Waals surface area contributed by atoms with Crippen molar-refractivity contribution in [3.05, 3.63) is 82.8 Å². The molecule has 0 aliphatic rings. The molecule has 9 nitrogen and oxygen atoms in total. The van der Waals surface area contributed by atoms with Crippen molar-refractivity contribution in [1.29, 1.82) is 0 Å². The number of ether oxygens (including phenoxy) is 1. The van der Waals surface area contributed by atoms with Crippen molar-refractivity contribution < 1.29 is 14.3 Å². The number of rotatable bonds is 8. The molecular weight excluding hydrogens is 456 g/mol. The second-order valence-corrected chi connectivity index (χ2v) is 7.62. The molecule has 0 unspecified atom stereocenters. The molecule has 0 fully saturated rings. The Morgan fingerprint density at radius 2 is 1.91 bits per heavy atom. The molecule has 0 bridgehead atoms. The zero-order valence-electron chi connectivity index (χ0n) is 18.4. The van der Waals surface area contributed by atoms with Crippen LogP contribution in [0, 0.1) is 13.5 Å². The number of carbonyl (C=O) groups excluding carboxylic acids is 2. The van der Waals surface area contributed by atoms with Crippen molar-refractivity contribution in [2.75, 3.05) is 29.1 Å². The molecule has 174 valence electrons. The van der Waals surface area contributed by atoms with E-state index in [4.69, 9.17) is 22.9 Å². The first-order valence-electron chi connectivity index (χ1n) is 10.4. The van der Waals surface area contributed by atoms with E-state index in [1.54, 1.807) is 24.3 Å². The molecule has 0 aliphatic heterocycles. The Balaban J connectivity index is 1.46. The van der Waals surface area contributed by atoms with Crippen LogP contribution in [0.1, 0.15) is 12.0 Å². The quantitative estimate of drug-likeness (QED) is 0.241. The maximum atomic E-state index is 12.3. The third-order valence-electron chi connectivity index (χ3n) is 4.45. The van der Waals surface area contributed by atoms with Crippen molar-refractivity contribution in [3.8, 4) is 5.75 Å². The van der Waals surface area contributed by atoms with Gasteiger partial charge in [0.25, 0.3) is 0 Å². The summed E-state index contributed by atoms with van der Waals surface area (Å²) in [6.45, 7) is 9.60. The number of hydrogen-bond acceptors (Lipinski definition) is 4. The van der Waals surface area contributed by atoms with Crippen LogP contribution in [-0.2, 0) is 0 Å². The summed E-state index contributed by atoms with van der Waals surface area (Å²) in [5.74, 6) is 0.726. The lowest BCUT2D eigenvalue weighted by Crippen LogP contribution is -2.30. The predicted molar refractivity (Wildman–Crippen MR) is 133 cm³/mol. The van der Waals surface area contributed by atoms with Crippen LogP contribution in [0.15, 0.2) is 60.8 Å². The smallest absolute Gasteiger partial charge is 0.324 e. The average Bonchev–Trinajstić information content (AvgIpc) is 2.80. The molecule has 0 saturated heterocycles. The Labute approximate surface area is 202 Å².